The summed E-state index contributed by atoms with van der Waals surface area (Å²) in [5.74, 6) is 0.676. The van der Waals surface area contributed by atoms with E-state index in [0.717, 1.165) is 0 Å². The minimum Gasteiger partial charge on any atom is -0.358 e. The van der Waals surface area contributed by atoms with E-state index >= 15 is 0 Å². The largest absolute Gasteiger partial charge is 0.358 e. The van der Waals surface area contributed by atoms with Crippen molar-refractivity contribution in [2.75, 3.05) is 0 Å². The van der Waals surface area contributed by atoms with Gasteiger partial charge in [0, 0.05) is 25.8 Å². The van der Waals surface area contributed by atoms with Crippen LogP contribution >= 0.6 is 0 Å². The molecule has 0 aromatic heterocycles. The zero-order valence-electron chi connectivity index (χ0n) is 14.5. The maximum atomic E-state index is 2.47. The van der Waals surface area contributed by atoms with E-state index in [4.69, 9.17) is 0 Å². The SMILES string of the molecule is CCC(C)[c-]1ccc2cc3c(cc21)CC(C)(C)C3.[CH3-].[CH3-].[Hf]. The second-order valence-corrected chi connectivity index (χ2v) is 6.82. The van der Waals surface area contributed by atoms with Crippen molar-refractivity contribution in [2.24, 2.45) is 5.41 Å². The van der Waals surface area contributed by atoms with Crippen LogP contribution in [0.25, 0.3) is 10.8 Å². The summed E-state index contributed by atoms with van der Waals surface area (Å²) in [5.41, 5.74) is 5.16. The second kappa shape index (κ2) is 7.31. The normalized spacial score (nSPS) is 16.4. The van der Waals surface area contributed by atoms with E-state index in [9.17, 15) is 0 Å². The smallest absolute Gasteiger partial charge is 0 e. The predicted molar refractivity (Wildman–Crippen MR) is 92.3 cm³/mol. The monoisotopic (exact) mass is 449 g/mol. The second-order valence-electron chi connectivity index (χ2n) is 6.82. The van der Waals surface area contributed by atoms with Gasteiger partial charge in [-0.05, 0) is 18.3 Å². The summed E-state index contributed by atoms with van der Waals surface area (Å²) in [6, 6.07) is 9.55. The van der Waals surface area contributed by atoms with E-state index in [1.165, 1.54) is 30.0 Å². The van der Waals surface area contributed by atoms with Gasteiger partial charge < -0.3 is 14.9 Å². The van der Waals surface area contributed by atoms with Crippen LogP contribution in [0.5, 0.6) is 0 Å². The molecule has 21 heavy (non-hydrogen) atoms. The maximum Gasteiger partial charge on any atom is 0 e. The third-order valence-corrected chi connectivity index (χ3v) is 4.61. The molecule has 0 radical (unpaired) electrons. The van der Waals surface area contributed by atoms with Crippen LogP contribution in [0.1, 0.15) is 56.7 Å². The van der Waals surface area contributed by atoms with Gasteiger partial charge in [-0.3, -0.25) is 0 Å². The molecule has 0 N–H and O–H groups in total. The van der Waals surface area contributed by atoms with Crippen LogP contribution in [-0.2, 0) is 38.7 Å². The number of rotatable bonds is 2. The van der Waals surface area contributed by atoms with Crippen molar-refractivity contribution in [2.45, 2.75) is 52.9 Å². The van der Waals surface area contributed by atoms with Gasteiger partial charge in [-0.15, -0.1) is 34.5 Å². The molecule has 0 heterocycles. The third kappa shape index (κ3) is 3.73. The fraction of sp³-hybridized carbons (Fsp3) is 0.450. The molecule has 0 amide bonds. The summed E-state index contributed by atoms with van der Waals surface area (Å²) in [6.07, 6.45) is 3.70. The summed E-state index contributed by atoms with van der Waals surface area (Å²) >= 11 is 0. The Hall–Kier alpha value is -0.300. The summed E-state index contributed by atoms with van der Waals surface area (Å²) in [7, 11) is 0. The van der Waals surface area contributed by atoms with Gasteiger partial charge in [0.1, 0.15) is 0 Å². The maximum absolute atomic E-state index is 2.47. The van der Waals surface area contributed by atoms with Crippen LogP contribution in [0.3, 0.4) is 0 Å². The van der Waals surface area contributed by atoms with Gasteiger partial charge in [-0.2, -0.15) is 6.07 Å². The average Bonchev–Trinajstić information content (AvgIpc) is 2.82. The molecule has 0 saturated carbocycles. The minimum atomic E-state index is 0. The average molecular weight is 448 g/mol. The van der Waals surface area contributed by atoms with Gasteiger partial charge in [0.25, 0.3) is 0 Å². The Morgan fingerprint density at radius 1 is 1.14 bits per heavy atom. The Bertz CT molecular complexity index is 589. The Kier molecular flexibility index (Phi) is 7.20. The first-order valence-electron chi connectivity index (χ1n) is 7.21. The molecule has 0 aliphatic heterocycles. The van der Waals surface area contributed by atoms with E-state index in [2.05, 4.69) is 52.0 Å². The quantitative estimate of drug-likeness (QED) is 0.385. The molecule has 0 fully saturated rings. The molecule has 1 aliphatic carbocycles. The van der Waals surface area contributed by atoms with Gasteiger partial charge in [0.2, 0.25) is 0 Å². The summed E-state index contributed by atoms with van der Waals surface area (Å²) in [5, 5.41) is 2.95. The molecule has 1 heteroatoms. The van der Waals surface area contributed by atoms with Crippen molar-refractivity contribution in [1.29, 1.82) is 0 Å². The van der Waals surface area contributed by atoms with Crippen molar-refractivity contribution in [3.8, 4) is 0 Å². The third-order valence-electron chi connectivity index (χ3n) is 4.61. The van der Waals surface area contributed by atoms with Crippen LogP contribution in [0.2, 0.25) is 0 Å². The summed E-state index contributed by atoms with van der Waals surface area (Å²) in [4.78, 5) is 0. The van der Waals surface area contributed by atoms with Crippen molar-refractivity contribution in [1.82, 2.24) is 0 Å². The van der Waals surface area contributed by atoms with E-state index < -0.39 is 0 Å². The van der Waals surface area contributed by atoms with Gasteiger partial charge in [0.15, 0.2) is 0 Å². The molecule has 1 aliphatic rings. The van der Waals surface area contributed by atoms with Crippen LogP contribution in [0.15, 0.2) is 24.3 Å². The number of hydrogen-bond donors (Lipinski definition) is 0. The minimum absolute atomic E-state index is 0. The molecule has 3 rings (SSSR count). The predicted octanol–water partition coefficient (Wildman–Crippen LogP) is 6.10. The van der Waals surface area contributed by atoms with E-state index in [1.807, 2.05) is 0 Å². The van der Waals surface area contributed by atoms with Crippen molar-refractivity contribution in [3.63, 3.8) is 0 Å². The molecule has 0 bridgehead atoms. The van der Waals surface area contributed by atoms with Crippen LogP contribution < -0.4 is 0 Å². The van der Waals surface area contributed by atoms with Crippen LogP contribution in [0.4, 0.5) is 0 Å². The first-order chi connectivity index (χ1) is 8.50. The molecule has 0 saturated heterocycles. The zero-order valence-corrected chi connectivity index (χ0v) is 18.1. The fourth-order valence-electron chi connectivity index (χ4n) is 3.44. The first-order valence-corrected chi connectivity index (χ1v) is 7.21. The molecule has 116 valence electrons. The van der Waals surface area contributed by atoms with Gasteiger partial charge in [0.05, 0.1) is 0 Å². The van der Waals surface area contributed by atoms with Crippen LogP contribution in [0, 0.1) is 20.3 Å². The van der Waals surface area contributed by atoms with Crippen molar-refractivity contribution >= 4 is 10.8 Å². The molecular weight excluding hydrogens is 419 g/mol. The van der Waals surface area contributed by atoms with Gasteiger partial charge in [-0.25, -0.2) is 0 Å². The Morgan fingerprint density at radius 2 is 1.71 bits per heavy atom. The number of benzene rings is 1. The van der Waals surface area contributed by atoms with E-state index in [0.29, 0.717) is 11.3 Å². The Balaban J connectivity index is 0.00000133. The molecule has 1 unspecified atom stereocenters. The van der Waals surface area contributed by atoms with Crippen molar-refractivity contribution in [3.05, 3.63) is 55.8 Å². The number of hydrogen-bond acceptors (Lipinski definition) is 0. The van der Waals surface area contributed by atoms with Gasteiger partial charge in [-0.1, -0.05) is 51.2 Å². The number of fused-ring (bicyclic) bond motifs is 2. The molecule has 0 spiro atoms. The summed E-state index contributed by atoms with van der Waals surface area (Å²) < 4.78 is 0. The van der Waals surface area contributed by atoms with E-state index in [1.54, 1.807) is 16.7 Å². The van der Waals surface area contributed by atoms with Gasteiger partial charge >= 0.3 is 0 Å². The molecular formula is C20H29Hf-3. The Morgan fingerprint density at radius 3 is 2.29 bits per heavy atom. The molecule has 0 nitrogen and oxygen atoms in total. The molecule has 1 atom stereocenters. The topological polar surface area (TPSA) is 0 Å². The summed E-state index contributed by atoms with van der Waals surface area (Å²) in [6.45, 7) is 9.38. The Labute approximate surface area is 150 Å². The van der Waals surface area contributed by atoms with E-state index in [-0.39, 0.29) is 40.7 Å². The standard InChI is InChI=1S/C18H23.2CH3.Hf/c1-5-12(2)16-7-6-13-8-14-10-18(3,4)11-15(14)9-17(13)16;;;/h6-9,12H,5,10-11H2,1-4H3;2*1H3;/q3*-1;. The van der Waals surface area contributed by atoms with Crippen LogP contribution in [-0.4, -0.2) is 0 Å². The van der Waals surface area contributed by atoms with Crippen molar-refractivity contribution < 1.29 is 25.8 Å². The fourth-order valence-corrected chi connectivity index (χ4v) is 3.44. The molecule has 2 aromatic carbocycles. The zero-order chi connectivity index (χ0) is 12.9. The molecule has 2 aromatic rings. The first kappa shape index (κ1) is 20.7.